The first kappa shape index (κ1) is 23.3. The van der Waals surface area contributed by atoms with E-state index in [9.17, 15) is 13.2 Å². The molecule has 168 valence electrons. The summed E-state index contributed by atoms with van der Waals surface area (Å²) >= 11 is 0. The second-order valence-electron chi connectivity index (χ2n) is 7.20. The lowest BCUT2D eigenvalue weighted by atomic mass is 10.1. The Kier molecular flexibility index (Phi) is 7.48. The number of benzene rings is 2. The van der Waals surface area contributed by atoms with Crippen LogP contribution in [0.4, 0.5) is 19.0 Å². The van der Waals surface area contributed by atoms with Crippen LogP contribution in [0.1, 0.15) is 25.8 Å². The van der Waals surface area contributed by atoms with Gasteiger partial charge in [0.1, 0.15) is 0 Å². The summed E-state index contributed by atoms with van der Waals surface area (Å²) in [6, 6.07) is 16.1. The van der Waals surface area contributed by atoms with Crippen LogP contribution in [0.2, 0.25) is 0 Å². The van der Waals surface area contributed by atoms with Gasteiger partial charge in [-0.05, 0) is 25.1 Å². The summed E-state index contributed by atoms with van der Waals surface area (Å²) in [5.41, 5.74) is 0.350. The Morgan fingerprint density at radius 1 is 1.06 bits per heavy atom. The summed E-state index contributed by atoms with van der Waals surface area (Å²) in [4.78, 5) is 8.78. The van der Waals surface area contributed by atoms with Crippen LogP contribution in [0.5, 0.6) is 0 Å². The molecule has 1 unspecified atom stereocenters. The van der Waals surface area contributed by atoms with Gasteiger partial charge in [-0.1, -0.05) is 68.2 Å². The van der Waals surface area contributed by atoms with Crippen molar-refractivity contribution < 1.29 is 13.2 Å². The number of halogens is 3. The first-order valence-electron chi connectivity index (χ1n) is 10.3. The molecule has 0 aliphatic rings. The number of rotatable bonds is 9. The lowest BCUT2D eigenvalue weighted by molar-refractivity contribution is -0.137. The van der Waals surface area contributed by atoms with Crippen LogP contribution in [0.25, 0.3) is 28.0 Å². The predicted molar refractivity (Wildman–Crippen MR) is 122 cm³/mol. The fourth-order valence-electron chi connectivity index (χ4n) is 3.13. The van der Waals surface area contributed by atoms with Crippen molar-refractivity contribution in [2.75, 3.05) is 11.9 Å². The summed E-state index contributed by atoms with van der Waals surface area (Å²) < 4.78 is 40.8. The SMILES string of the molecule is C=C([N-]C(C)NCCC)Nc1cc(-c2ccccc2)nc(-c2ccccc2C(F)(F)F)n1. The molecule has 3 rings (SSSR count). The fraction of sp³-hybridized carbons (Fsp3) is 0.250. The molecule has 32 heavy (non-hydrogen) atoms. The van der Waals surface area contributed by atoms with E-state index < -0.39 is 11.7 Å². The largest absolute Gasteiger partial charge is 0.450 e. The number of hydrogen-bond acceptors (Lipinski definition) is 4. The molecule has 2 N–H and O–H groups in total. The molecule has 1 aromatic heterocycles. The van der Waals surface area contributed by atoms with E-state index in [1.165, 1.54) is 18.2 Å². The van der Waals surface area contributed by atoms with Crippen LogP contribution in [-0.2, 0) is 6.18 Å². The molecule has 8 heteroatoms. The Morgan fingerprint density at radius 3 is 2.44 bits per heavy atom. The highest BCUT2D eigenvalue weighted by Crippen LogP contribution is 2.36. The van der Waals surface area contributed by atoms with Gasteiger partial charge in [-0.15, -0.1) is 6.58 Å². The number of aromatic nitrogens is 2. The molecule has 1 atom stereocenters. The summed E-state index contributed by atoms with van der Waals surface area (Å²) in [5.74, 6) is 0.614. The van der Waals surface area contributed by atoms with E-state index in [0.717, 1.165) is 24.6 Å². The number of nitrogens with one attached hydrogen (secondary N) is 2. The van der Waals surface area contributed by atoms with Crippen LogP contribution in [0.15, 0.2) is 73.1 Å². The second kappa shape index (κ2) is 10.3. The molecule has 5 nitrogen and oxygen atoms in total. The van der Waals surface area contributed by atoms with Crippen LogP contribution < -0.4 is 10.6 Å². The molecule has 0 saturated heterocycles. The number of hydrogen-bond donors (Lipinski definition) is 2. The third-order valence-electron chi connectivity index (χ3n) is 4.58. The Morgan fingerprint density at radius 2 is 1.75 bits per heavy atom. The Labute approximate surface area is 185 Å². The van der Waals surface area contributed by atoms with Gasteiger partial charge in [-0.2, -0.15) is 13.2 Å². The minimum Gasteiger partial charge on any atom is -0.450 e. The van der Waals surface area contributed by atoms with E-state index in [4.69, 9.17) is 0 Å². The van der Waals surface area contributed by atoms with Crippen molar-refractivity contribution in [2.45, 2.75) is 32.6 Å². The van der Waals surface area contributed by atoms with E-state index in [1.54, 1.807) is 6.07 Å². The molecule has 0 bridgehead atoms. The summed E-state index contributed by atoms with van der Waals surface area (Å²) in [5, 5.41) is 10.6. The fourth-order valence-corrected chi connectivity index (χ4v) is 3.13. The zero-order valence-electron chi connectivity index (χ0n) is 17.9. The molecule has 0 aliphatic carbocycles. The molecule has 2 aromatic carbocycles. The molecular formula is C24H25F3N5-. The van der Waals surface area contributed by atoms with Crippen molar-refractivity contribution in [3.63, 3.8) is 0 Å². The summed E-state index contributed by atoms with van der Waals surface area (Å²) in [6.45, 7) is 8.66. The third-order valence-corrected chi connectivity index (χ3v) is 4.58. The molecule has 0 spiro atoms. The van der Waals surface area contributed by atoms with Crippen molar-refractivity contribution in [3.8, 4) is 22.6 Å². The first-order chi connectivity index (χ1) is 15.3. The van der Waals surface area contributed by atoms with Crippen molar-refractivity contribution in [3.05, 3.63) is 83.9 Å². The van der Waals surface area contributed by atoms with Gasteiger partial charge >= 0.3 is 6.18 Å². The van der Waals surface area contributed by atoms with Crippen molar-refractivity contribution >= 4 is 5.82 Å². The van der Waals surface area contributed by atoms with Crippen LogP contribution >= 0.6 is 0 Å². The predicted octanol–water partition coefficient (Wildman–Crippen LogP) is 6.43. The highest BCUT2D eigenvalue weighted by Gasteiger charge is 2.34. The smallest absolute Gasteiger partial charge is 0.417 e. The molecule has 0 aliphatic heterocycles. The average Bonchev–Trinajstić information content (AvgIpc) is 2.77. The molecule has 0 saturated carbocycles. The van der Waals surface area contributed by atoms with Crippen molar-refractivity contribution in [2.24, 2.45) is 0 Å². The first-order valence-corrected chi connectivity index (χ1v) is 10.3. The third kappa shape index (κ3) is 6.07. The van der Waals surface area contributed by atoms with Crippen molar-refractivity contribution in [1.82, 2.24) is 15.3 Å². The Balaban J connectivity index is 2.00. The van der Waals surface area contributed by atoms with Crippen LogP contribution in [0, 0.1) is 0 Å². The van der Waals surface area contributed by atoms with Crippen LogP contribution in [-0.4, -0.2) is 22.7 Å². The minimum atomic E-state index is -4.53. The molecule has 3 aromatic rings. The second-order valence-corrected chi connectivity index (χ2v) is 7.20. The average molecular weight is 440 g/mol. The van der Waals surface area contributed by atoms with Gasteiger partial charge in [0, 0.05) is 17.3 Å². The van der Waals surface area contributed by atoms with Gasteiger partial charge in [-0.3, -0.25) is 0 Å². The van der Waals surface area contributed by atoms with Gasteiger partial charge in [0.25, 0.3) is 0 Å². The lowest BCUT2D eigenvalue weighted by Gasteiger charge is -2.27. The maximum Gasteiger partial charge on any atom is 0.417 e. The standard InChI is InChI=1S/C24H25F3N5/c1-4-14-28-16(2)29-17(3)30-22-15-21(18-10-6-5-7-11-18)31-23(32-22)19-12-8-9-13-20(19)24(25,26)27/h5-13,15-16,28H,3-4,14H2,1-2H3,(H,30,31,32)/q-1. The van der Waals surface area contributed by atoms with Gasteiger partial charge in [-0.25, -0.2) is 9.97 Å². The van der Waals surface area contributed by atoms with Gasteiger partial charge in [0.05, 0.1) is 17.1 Å². The normalized spacial score (nSPS) is 12.3. The maximum absolute atomic E-state index is 13.6. The Bertz CT molecular complexity index is 1050. The highest BCUT2D eigenvalue weighted by atomic mass is 19.4. The monoisotopic (exact) mass is 440 g/mol. The molecule has 0 fully saturated rings. The zero-order valence-corrected chi connectivity index (χ0v) is 17.9. The lowest BCUT2D eigenvalue weighted by Crippen LogP contribution is -2.26. The van der Waals surface area contributed by atoms with Crippen LogP contribution in [0.3, 0.4) is 0 Å². The summed E-state index contributed by atoms with van der Waals surface area (Å²) in [6.07, 6.45) is -3.74. The Hall–Kier alpha value is -3.39. The van der Waals surface area contributed by atoms with Gasteiger partial charge < -0.3 is 16.0 Å². The molecular weight excluding hydrogens is 415 g/mol. The minimum absolute atomic E-state index is 0.0354. The van der Waals surface area contributed by atoms with E-state index in [1.807, 2.05) is 37.3 Å². The summed E-state index contributed by atoms with van der Waals surface area (Å²) in [7, 11) is 0. The number of nitrogens with zero attached hydrogens (tertiary/aromatic N) is 3. The number of alkyl halides is 3. The van der Waals surface area contributed by atoms with Gasteiger partial charge in [0.15, 0.2) is 5.82 Å². The molecule has 0 amide bonds. The highest BCUT2D eigenvalue weighted by molar-refractivity contribution is 5.70. The zero-order chi connectivity index (χ0) is 23.1. The maximum atomic E-state index is 13.6. The van der Waals surface area contributed by atoms with Gasteiger partial charge in [0.2, 0.25) is 0 Å². The number of anilines is 1. The van der Waals surface area contributed by atoms with E-state index in [-0.39, 0.29) is 17.6 Å². The van der Waals surface area contributed by atoms with E-state index in [0.29, 0.717) is 17.3 Å². The van der Waals surface area contributed by atoms with E-state index in [2.05, 4.69) is 39.4 Å². The molecule has 1 heterocycles. The molecule has 0 radical (unpaired) electrons. The topological polar surface area (TPSA) is 63.9 Å². The quantitative estimate of drug-likeness (QED) is 0.402. The van der Waals surface area contributed by atoms with Crippen molar-refractivity contribution in [1.29, 1.82) is 0 Å². The van der Waals surface area contributed by atoms with E-state index >= 15 is 0 Å².